The number of halogens is 1. The zero-order valence-electron chi connectivity index (χ0n) is 11.3. The van der Waals surface area contributed by atoms with Crippen molar-refractivity contribution in [1.82, 2.24) is 15.1 Å². The lowest BCUT2D eigenvalue weighted by atomic mass is 10.2. The standard InChI is InChI=1S/C12H20BrN3O2S/c1-3-10-12(13)11(16(4-2)15-10)7-14-9-5-6-19(17,18)8-9/h9,14H,3-8H2,1-2H3. The summed E-state index contributed by atoms with van der Waals surface area (Å²) in [6.07, 6.45) is 1.60. The van der Waals surface area contributed by atoms with E-state index in [1.807, 2.05) is 4.68 Å². The highest BCUT2D eigenvalue weighted by Gasteiger charge is 2.27. The fourth-order valence-corrected chi connectivity index (χ4v) is 4.80. The van der Waals surface area contributed by atoms with E-state index in [2.05, 4.69) is 40.2 Å². The lowest BCUT2D eigenvalue weighted by molar-refractivity contribution is 0.519. The van der Waals surface area contributed by atoms with Gasteiger partial charge in [0.05, 0.1) is 27.4 Å². The van der Waals surface area contributed by atoms with Gasteiger partial charge in [-0.05, 0) is 35.7 Å². The summed E-state index contributed by atoms with van der Waals surface area (Å²) >= 11 is 3.59. The number of nitrogens with zero attached hydrogens (tertiary/aromatic N) is 2. The van der Waals surface area contributed by atoms with Crippen molar-refractivity contribution in [3.8, 4) is 0 Å². The van der Waals surface area contributed by atoms with Crippen LogP contribution in [-0.2, 0) is 29.3 Å². The molecule has 1 aliphatic rings. The molecule has 1 unspecified atom stereocenters. The minimum atomic E-state index is -2.82. The molecule has 1 saturated heterocycles. The molecule has 108 valence electrons. The summed E-state index contributed by atoms with van der Waals surface area (Å²) in [4.78, 5) is 0. The SMILES string of the molecule is CCc1nn(CC)c(CNC2CCS(=O)(=O)C2)c1Br. The molecule has 0 aromatic carbocycles. The van der Waals surface area contributed by atoms with Crippen LogP contribution in [0.25, 0.3) is 0 Å². The van der Waals surface area contributed by atoms with E-state index in [1.165, 1.54) is 0 Å². The van der Waals surface area contributed by atoms with Crippen LogP contribution in [0, 0.1) is 0 Å². The third-order valence-corrected chi connectivity index (χ3v) is 6.17. The van der Waals surface area contributed by atoms with E-state index in [0.29, 0.717) is 18.7 Å². The number of hydrogen-bond donors (Lipinski definition) is 1. The van der Waals surface area contributed by atoms with E-state index in [-0.39, 0.29) is 11.8 Å². The maximum Gasteiger partial charge on any atom is 0.151 e. The summed E-state index contributed by atoms with van der Waals surface area (Å²) in [7, 11) is -2.82. The Labute approximate surface area is 122 Å². The van der Waals surface area contributed by atoms with Crippen molar-refractivity contribution in [1.29, 1.82) is 0 Å². The highest BCUT2D eigenvalue weighted by molar-refractivity contribution is 9.10. The first kappa shape index (κ1) is 15.0. The van der Waals surface area contributed by atoms with Crippen molar-refractivity contribution in [2.24, 2.45) is 0 Å². The van der Waals surface area contributed by atoms with Gasteiger partial charge < -0.3 is 5.32 Å². The molecular formula is C12H20BrN3O2S. The Morgan fingerprint density at radius 1 is 1.47 bits per heavy atom. The Morgan fingerprint density at radius 2 is 2.21 bits per heavy atom. The van der Waals surface area contributed by atoms with Gasteiger partial charge in [0.25, 0.3) is 0 Å². The smallest absolute Gasteiger partial charge is 0.151 e. The molecule has 7 heteroatoms. The summed E-state index contributed by atoms with van der Waals surface area (Å²) in [6, 6.07) is 0.0715. The Bertz CT molecular complexity index is 554. The number of hydrogen-bond acceptors (Lipinski definition) is 4. The number of sulfone groups is 1. The largest absolute Gasteiger partial charge is 0.307 e. The summed E-state index contributed by atoms with van der Waals surface area (Å²) in [5.41, 5.74) is 2.15. The molecule has 2 rings (SSSR count). The first-order valence-corrected chi connectivity index (χ1v) is 9.26. The maximum absolute atomic E-state index is 11.4. The lowest BCUT2D eigenvalue weighted by Gasteiger charge is -2.12. The Kier molecular flexibility index (Phi) is 4.68. The third kappa shape index (κ3) is 3.38. The predicted octanol–water partition coefficient (Wildman–Crippen LogP) is 1.50. The van der Waals surface area contributed by atoms with Gasteiger partial charge in [-0.3, -0.25) is 4.68 Å². The minimum Gasteiger partial charge on any atom is -0.307 e. The van der Waals surface area contributed by atoms with Crippen LogP contribution >= 0.6 is 15.9 Å². The third-order valence-electron chi connectivity index (χ3n) is 3.48. The molecule has 2 heterocycles. The number of nitrogens with one attached hydrogen (secondary N) is 1. The maximum atomic E-state index is 11.4. The Morgan fingerprint density at radius 3 is 2.74 bits per heavy atom. The fraction of sp³-hybridized carbons (Fsp3) is 0.750. The van der Waals surface area contributed by atoms with Gasteiger partial charge in [-0.1, -0.05) is 6.92 Å². The average molecular weight is 350 g/mol. The molecule has 1 fully saturated rings. The van der Waals surface area contributed by atoms with Crippen molar-refractivity contribution in [3.63, 3.8) is 0 Å². The average Bonchev–Trinajstić information content (AvgIpc) is 2.87. The molecule has 1 aromatic rings. The van der Waals surface area contributed by atoms with Crippen LogP contribution in [0.1, 0.15) is 31.7 Å². The molecule has 19 heavy (non-hydrogen) atoms. The zero-order valence-corrected chi connectivity index (χ0v) is 13.7. The van der Waals surface area contributed by atoms with Crippen LogP contribution in [0.4, 0.5) is 0 Å². The van der Waals surface area contributed by atoms with Crippen LogP contribution in [0.5, 0.6) is 0 Å². The van der Waals surface area contributed by atoms with Crippen molar-refractivity contribution in [3.05, 3.63) is 15.9 Å². The van der Waals surface area contributed by atoms with Crippen molar-refractivity contribution in [2.45, 2.75) is 45.8 Å². The Balaban J connectivity index is 2.05. The summed E-state index contributed by atoms with van der Waals surface area (Å²) in [6.45, 7) is 5.61. The summed E-state index contributed by atoms with van der Waals surface area (Å²) in [5.74, 6) is 0.560. The second-order valence-electron chi connectivity index (χ2n) is 4.86. The molecule has 0 radical (unpaired) electrons. The molecule has 0 spiro atoms. The molecule has 5 nitrogen and oxygen atoms in total. The van der Waals surface area contributed by atoms with Crippen molar-refractivity contribution < 1.29 is 8.42 Å². The van der Waals surface area contributed by atoms with Crippen LogP contribution in [0.2, 0.25) is 0 Å². The molecule has 1 aliphatic heterocycles. The predicted molar refractivity (Wildman–Crippen MR) is 78.9 cm³/mol. The second kappa shape index (κ2) is 5.93. The first-order chi connectivity index (χ1) is 8.96. The molecule has 0 saturated carbocycles. The second-order valence-corrected chi connectivity index (χ2v) is 7.88. The normalized spacial score (nSPS) is 21.9. The molecule has 1 atom stereocenters. The molecule has 1 aromatic heterocycles. The van der Waals surface area contributed by atoms with Gasteiger partial charge in [0.1, 0.15) is 0 Å². The van der Waals surface area contributed by atoms with Gasteiger partial charge in [0.15, 0.2) is 9.84 Å². The van der Waals surface area contributed by atoms with Crippen LogP contribution in [-0.4, -0.2) is 35.7 Å². The van der Waals surface area contributed by atoms with E-state index < -0.39 is 9.84 Å². The number of aromatic nitrogens is 2. The van der Waals surface area contributed by atoms with E-state index >= 15 is 0 Å². The Hall–Kier alpha value is -0.400. The number of aryl methyl sites for hydroxylation is 2. The zero-order chi connectivity index (χ0) is 14.0. The monoisotopic (exact) mass is 349 g/mol. The van der Waals surface area contributed by atoms with Gasteiger partial charge in [0, 0.05) is 19.1 Å². The topological polar surface area (TPSA) is 64.0 Å². The van der Waals surface area contributed by atoms with Crippen LogP contribution < -0.4 is 5.32 Å². The van der Waals surface area contributed by atoms with E-state index in [4.69, 9.17) is 0 Å². The highest BCUT2D eigenvalue weighted by atomic mass is 79.9. The molecule has 1 N–H and O–H groups in total. The lowest BCUT2D eigenvalue weighted by Crippen LogP contribution is -2.30. The molecule has 0 bridgehead atoms. The molecule has 0 aliphatic carbocycles. The minimum absolute atomic E-state index is 0.0715. The van der Waals surface area contributed by atoms with E-state index in [0.717, 1.165) is 28.8 Å². The summed E-state index contributed by atoms with van der Waals surface area (Å²) < 4.78 is 25.9. The van der Waals surface area contributed by atoms with Gasteiger partial charge in [-0.2, -0.15) is 5.10 Å². The number of rotatable bonds is 5. The molecule has 0 amide bonds. The van der Waals surface area contributed by atoms with Crippen LogP contribution in [0.15, 0.2) is 4.47 Å². The van der Waals surface area contributed by atoms with Gasteiger partial charge in [-0.15, -0.1) is 0 Å². The fourth-order valence-electron chi connectivity index (χ4n) is 2.38. The quantitative estimate of drug-likeness (QED) is 0.874. The van der Waals surface area contributed by atoms with Crippen molar-refractivity contribution in [2.75, 3.05) is 11.5 Å². The first-order valence-electron chi connectivity index (χ1n) is 6.64. The molecular weight excluding hydrogens is 330 g/mol. The van der Waals surface area contributed by atoms with Gasteiger partial charge in [0.2, 0.25) is 0 Å². The van der Waals surface area contributed by atoms with E-state index in [9.17, 15) is 8.42 Å². The van der Waals surface area contributed by atoms with Crippen molar-refractivity contribution >= 4 is 25.8 Å². The van der Waals surface area contributed by atoms with Crippen LogP contribution in [0.3, 0.4) is 0 Å². The van der Waals surface area contributed by atoms with E-state index in [1.54, 1.807) is 0 Å². The van der Waals surface area contributed by atoms with Gasteiger partial charge >= 0.3 is 0 Å². The summed E-state index contributed by atoms with van der Waals surface area (Å²) in [5, 5.41) is 7.87. The highest BCUT2D eigenvalue weighted by Crippen LogP contribution is 2.23. The van der Waals surface area contributed by atoms with Gasteiger partial charge in [-0.25, -0.2) is 8.42 Å².